The molecule has 20 heavy (non-hydrogen) atoms. The number of imidazole rings is 1. The predicted molar refractivity (Wildman–Crippen MR) is 82.6 cm³/mol. The van der Waals surface area contributed by atoms with Gasteiger partial charge in [-0.2, -0.15) is 0 Å². The SMILES string of the molecule is Cc1cccc(-n2c(N)nc3cc(Br)c(F)cc32)c1C. The number of aryl methyl sites for hydroxylation is 1. The molecule has 0 aliphatic rings. The van der Waals surface area contributed by atoms with Gasteiger partial charge < -0.3 is 5.73 Å². The molecule has 0 amide bonds. The molecule has 5 heteroatoms. The Kier molecular flexibility index (Phi) is 3.01. The highest BCUT2D eigenvalue weighted by molar-refractivity contribution is 9.10. The Balaban J connectivity index is 2.39. The molecule has 102 valence electrons. The van der Waals surface area contributed by atoms with E-state index < -0.39 is 0 Å². The van der Waals surface area contributed by atoms with Crippen molar-refractivity contribution >= 4 is 32.9 Å². The van der Waals surface area contributed by atoms with Gasteiger partial charge in [0.25, 0.3) is 0 Å². The van der Waals surface area contributed by atoms with Crippen LogP contribution in [0, 0.1) is 19.7 Å². The van der Waals surface area contributed by atoms with Crippen LogP contribution in [0.15, 0.2) is 34.8 Å². The average molecular weight is 334 g/mol. The number of nitrogens with zero attached hydrogens (tertiary/aromatic N) is 2. The molecule has 0 fully saturated rings. The van der Waals surface area contributed by atoms with Crippen LogP contribution in [0.3, 0.4) is 0 Å². The molecule has 3 rings (SSSR count). The first-order chi connectivity index (χ1) is 9.49. The molecule has 0 aliphatic carbocycles. The van der Waals surface area contributed by atoms with Crippen molar-refractivity contribution in [3.8, 4) is 5.69 Å². The van der Waals surface area contributed by atoms with Crippen LogP contribution in [0.25, 0.3) is 16.7 Å². The van der Waals surface area contributed by atoms with Gasteiger partial charge in [-0.1, -0.05) is 12.1 Å². The molecule has 0 bridgehead atoms. The number of aromatic nitrogens is 2. The van der Waals surface area contributed by atoms with Gasteiger partial charge in [0.2, 0.25) is 5.95 Å². The Bertz CT molecular complexity index is 824. The van der Waals surface area contributed by atoms with Gasteiger partial charge >= 0.3 is 0 Å². The van der Waals surface area contributed by atoms with Gasteiger partial charge in [0.15, 0.2) is 0 Å². The van der Waals surface area contributed by atoms with E-state index in [9.17, 15) is 4.39 Å². The molecule has 1 aromatic heterocycles. The Morgan fingerprint density at radius 3 is 2.75 bits per heavy atom. The van der Waals surface area contributed by atoms with Gasteiger partial charge in [0.05, 0.1) is 21.2 Å². The normalized spacial score (nSPS) is 11.2. The number of halogens is 2. The highest BCUT2D eigenvalue weighted by atomic mass is 79.9. The Morgan fingerprint density at radius 2 is 2.00 bits per heavy atom. The third kappa shape index (κ3) is 1.89. The summed E-state index contributed by atoms with van der Waals surface area (Å²) in [5.74, 6) is 0.0233. The smallest absolute Gasteiger partial charge is 0.205 e. The summed E-state index contributed by atoms with van der Waals surface area (Å²) in [6.45, 7) is 4.05. The second-order valence-corrected chi connectivity index (χ2v) is 5.63. The quantitative estimate of drug-likeness (QED) is 0.727. The molecule has 0 aliphatic heterocycles. The molecule has 2 aromatic carbocycles. The average Bonchev–Trinajstić information content (AvgIpc) is 2.69. The van der Waals surface area contributed by atoms with Crippen LogP contribution >= 0.6 is 15.9 Å². The lowest BCUT2D eigenvalue weighted by Gasteiger charge is -2.12. The fraction of sp³-hybridized carbons (Fsp3) is 0.133. The zero-order valence-corrected chi connectivity index (χ0v) is 12.7. The topological polar surface area (TPSA) is 43.8 Å². The van der Waals surface area contributed by atoms with E-state index in [4.69, 9.17) is 5.73 Å². The first-order valence-electron chi connectivity index (χ1n) is 6.18. The van der Waals surface area contributed by atoms with Crippen LogP contribution in [-0.4, -0.2) is 9.55 Å². The molecule has 0 saturated carbocycles. The molecule has 1 heterocycles. The minimum atomic E-state index is -0.330. The second-order valence-electron chi connectivity index (χ2n) is 4.78. The van der Waals surface area contributed by atoms with E-state index in [-0.39, 0.29) is 5.82 Å². The van der Waals surface area contributed by atoms with E-state index >= 15 is 0 Å². The number of benzene rings is 2. The maximum atomic E-state index is 13.8. The van der Waals surface area contributed by atoms with Crippen LogP contribution in [0.5, 0.6) is 0 Å². The van der Waals surface area contributed by atoms with Crippen LogP contribution in [0.4, 0.5) is 10.3 Å². The van der Waals surface area contributed by atoms with Gasteiger partial charge in [-0.15, -0.1) is 0 Å². The molecular formula is C15H13BrFN3. The van der Waals surface area contributed by atoms with Crippen molar-refractivity contribution in [1.29, 1.82) is 0 Å². The maximum Gasteiger partial charge on any atom is 0.205 e. The molecule has 0 saturated heterocycles. The predicted octanol–water partition coefficient (Wildman–Crippen LogP) is 4.13. The summed E-state index contributed by atoms with van der Waals surface area (Å²) in [7, 11) is 0. The van der Waals surface area contributed by atoms with Crippen LogP contribution < -0.4 is 5.73 Å². The number of fused-ring (bicyclic) bond motifs is 1. The second kappa shape index (κ2) is 4.59. The third-order valence-corrected chi connectivity index (χ3v) is 4.15. The highest BCUT2D eigenvalue weighted by Crippen LogP contribution is 2.29. The van der Waals surface area contributed by atoms with Crippen LogP contribution in [0.2, 0.25) is 0 Å². The minimum Gasteiger partial charge on any atom is -0.369 e. The van der Waals surface area contributed by atoms with Gasteiger partial charge in [0, 0.05) is 6.07 Å². The lowest BCUT2D eigenvalue weighted by Crippen LogP contribution is -2.03. The fourth-order valence-corrected chi connectivity index (χ4v) is 2.65. The number of hydrogen-bond acceptors (Lipinski definition) is 2. The van der Waals surface area contributed by atoms with Gasteiger partial charge in [-0.25, -0.2) is 9.37 Å². The minimum absolute atomic E-state index is 0.330. The number of rotatable bonds is 1. The summed E-state index contributed by atoms with van der Waals surface area (Å²) in [5.41, 5.74) is 10.5. The van der Waals surface area contributed by atoms with E-state index in [2.05, 4.69) is 20.9 Å². The third-order valence-electron chi connectivity index (χ3n) is 3.54. The van der Waals surface area contributed by atoms with Crippen LogP contribution in [-0.2, 0) is 0 Å². The number of nitrogen functional groups attached to an aromatic ring is 1. The van der Waals surface area contributed by atoms with Crippen molar-refractivity contribution in [2.24, 2.45) is 0 Å². The van der Waals surface area contributed by atoms with Crippen molar-refractivity contribution in [1.82, 2.24) is 9.55 Å². The summed E-state index contributed by atoms with van der Waals surface area (Å²) >= 11 is 3.17. The molecular weight excluding hydrogens is 321 g/mol. The largest absolute Gasteiger partial charge is 0.369 e. The van der Waals surface area contributed by atoms with E-state index in [1.165, 1.54) is 6.07 Å². The first-order valence-corrected chi connectivity index (χ1v) is 6.98. The fourth-order valence-electron chi connectivity index (χ4n) is 2.32. The lowest BCUT2D eigenvalue weighted by atomic mass is 10.1. The van der Waals surface area contributed by atoms with Gasteiger partial charge in [0.1, 0.15) is 5.82 Å². The van der Waals surface area contributed by atoms with E-state index in [1.807, 2.05) is 32.0 Å². The van der Waals surface area contributed by atoms with E-state index in [0.717, 1.165) is 16.8 Å². The summed E-state index contributed by atoms with van der Waals surface area (Å²) in [5, 5.41) is 0. The zero-order valence-electron chi connectivity index (χ0n) is 11.1. The van der Waals surface area contributed by atoms with Crippen molar-refractivity contribution in [2.45, 2.75) is 13.8 Å². The summed E-state index contributed by atoms with van der Waals surface area (Å²) in [6.07, 6.45) is 0. The zero-order chi connectivity index (χ0) is 14.4. The van der Waals surface area contributed by atoms with Crippen molar-refractivity contribution in [2.75, 3.05) is 5.73 Å². The maximum absolute atomic E-state index is 13.8. The number of hydrogen-bond donors (Lipinski definition) is 1. The molecule has 2 N–H and O–H groups in total. The Morgan fingerprint density at radius 1 is 1.25 bits per heavy atom. The molecule has 0 radical (unpaired) electrons. The molecule has 0 atom stereocenters. The monoisotopic (exact) mass is 333 g/mol. The van der Waals surface area contributed by atoms with Crippen molar-refractivity contribution in [3.63, 3.8) is 0 Å². The standard InChI is InChI=1S/C15H13BrFN3/c1-8-4-3-5-13(9(8)2)20-14-7-11(17)10(16)6-12(14)19-15(20)18/h3-7H,1-2H3,(H2,18,19). The molecule has 0 unspecified atom stereocenters. The van der Waals surface area contributed by atoms with Crippen molar-refractivity contribution in [3.05, 3.63) is 51.7 Å². The highest BCUT2D eigenvalue weighted by Gasteiger charge is 2.14. The summed E-state index contributed by atoms with van der Waals surface area (Å²) in [4.78, 5) is 4.31. The van der Waals surface area contributed by atoms with Crippen LogP contribution in [0.1, 0.15) is 11.1 Å². The van der Waals surface area contributed by atoms with Gasteiger partial charge in [-0.3, -0.25) is 4.57 Å². The van der Waals surface area contributed by atoms with Gasteiger partial charge in [-0.05, 0) is 53.0 Å². The summed E-state index contributed by atoms with van der Waals surface area (Å²) < 4.78 is 16.0. The number of anilines is 1. The van der Waals surface area contributed by atoms with Crippen molar-refractivity contribution < 1.29 is 4.39 Å². The number of nitrogens with two attached hydrogens (primary N) is 1. The van der Waals surface area contributed by atoms with E-state index in [0.29, 0.717) is 21.5 Å². The Labute approximate surface area is 124 Å². The molecule has 3 nitrogen and oxygen atoms in total. The first kappa shape index (κ1) is 13.1. The molecule has 3 aromatic rings. The lowest BCUT2D eigenvalue weighted by molar-refractivity contribution is 0.622. The Hall–Kier alpha value is -1.88. The molecule has 0 spiro atoms. The van der Waals surface area contributed by atoms with E-state index in [1.54, 1.807) is 10.6 Å². The summed E-state index contributed by atoms with van der Waals surface area (Å²) in [6, 6.07) is 9.04.